The molecule has 0 spiro atoms. The molecule has 1 N–H and O–H groups in total. The van der Waals surface area contributed by atoms with Crippen molar-refractivity contribution in [1.29, 1.82) is 0 Å². The maximum atomic E-state index is 12.9. The maximum absolute atomic E-state index is 12.9. The molecule has 0 bridgehead atoms. The molecule has 1 fully saturated rings. The molecule has 3 aromatic carbocycles. The van der Waals surface area contributed by atoms with E-state index in [4.69, 9.17) is 14.2 Å². The van der Waals surface area contributed by atoms with Crippen molar-refractivity contribution < 1.29 is 23.5 Å². The standard InChI is InChI=1S/C41H59N3O4/c1-44(2,32-18-6-7-19-33-47-34-37-24-14-15-25-39(37)46-3)31-17-5-4-16-28-43-29-26-38(27-30-43)48-41(45)42-40(35-20-10-8-11-21-35)36-22-12-9-13-23-36/h8-15,20-25,38,40H,4-7,16-19,26-34H2,1-3H3/p+1. The van der Waals surface area contributed by atoms with Gasteiger partial charge < -0.3 is 28.9 Å². The number of para-hydroxylation sites is 1. The Bertz CT molecular complexity index is 1260. The lowest BCUT2D eigenvalue weighted by Gasteiger charge is -2.32. The van der Waals surface area contributed by atoms with Crippen molar-refractivity contribution in [2.45, 2.75) is 83.0 Å². The molecule has 4 rings (SSSR count). The van der Waals surface area contributed by atoms with Crippen molar-refractivity contribution in [2.75, 3.05) is 60.5 Å². The molecular formula is C41H60N3O4+. The van der Waals surface area contributed by atoms with Crippen LogP contribution < -0.4 is 10.1 Å². The number of benzene rings is 3. The Morgan fingerprint density at radius 2 is 1.33 bits per heavy atom. The van der Waals surface area contributed by atoms with E-state index in [0.29, 0.717) is 6.61 Å². The van der Waals surface area contributed by atoms with Crippen LogP contribution in [0.3, 0.4) is 0 Å². The first-order valence-electron chi connectivity index (χ1n) is 18.2. The number of carbonyl (C=O) groups excluding carboxylic acids is 1. The maximum Gasteiger partial charge on any atom is 0.408 e. The second-order valence-corrected chi connectivity index (χ2v) is 13.9. The van der Waals surface area contributed by atoms with Crippen LogP contribution in [0, 0.1) is 0 Å². The number of nitrogens with zero attached hydrogens (tertiary/aromatic N) is 2. The van der Waals surface area contributed by atoms with Gasteiger partial charge in [0.15, 0.2) is 0 Å². The molecule has 1 aliphatic heterocycles. The predicted molar refractivity (Wildman–Crippen MR) is 195 cm³/mol. The molecule has 48 heavy (non-hydrogen) atoms. The lowest BCUT2D eigenvalue weighted by Crippen LogP contribution is -2.41. The lowest BCUT2D eigenvalue weighted by atomic mass is 9.99. The smallest absolute Gasteiger partial charge is 0.408 e. The second kappa shape index (κ2) is 20.9. The van der Waals surface area contributed by atoms with Gasteiger partial charge in [-0.1, -0.05) is 91.7 Å². The van der Waals surface area contributed by atoms with Crippen molar-refractivity contribution in [2.24, 2.45) is 0 Å². The number of methoxy groups -OCH3 is 1. The second-order valence-electron chi connectivity index (χ2n) is 13.9. The van der Waals surface area contributed by atoms with E-state index in [-0.39, 0.29) is 18.2 Å². The van der Waals surface area contributed by atoms with Crippen molar-refractivity contribution >= 4 is 6.09 Å². The van der Waals surface area contributed by atoms with Crippen molar-refractivity contribution in [3.63, 3.8) is 0 Å². The fourth-order valence-corrected chi connectivity index (χ4v) is 6.65. The highest BCUT2D eigenvalue weighted by Gasteiger charge is 2.24. The molecule has 0 aromatic heterocycles. The molecule has 7 nitrogen and oxygen atoms in total. The van der Waals surface area contributed by atoms with Crippen LogP contribution in [0.25, 0.3) is 0 Å². The zero-order chi connectivity index (χ0) is 33.9. The zero-order valence-electron chi connectivity index (χ0n) is 29.8. The third-order valence-electron chi connectivity index (χ3n) is 9.58. The van der Waals surface area contributed by atoms with E-state index in [2.05, 4.69) is 30.4 Å². The molecule has 1 aliphatic rings. The minimum absolute atomic E-state index is 0.0222. The van der Waals surface area contributed by atoms with Crippen LogP contribution >= 0.6 is 0 Å². The van der Waals surface area contributed by atoms with Crippen LogP contribution in [0.2, 0.25) is 0 Å². The van der Waals surface area contributed by atoms with Crippen LogP contribution in [-0.2, 0) is 16.1 Å². The SMILES string of the molecule is COc1ccccc1COCCCCCC[N+](C)(C)CCCCCCN1CCC(OC(=O)NC(c2ccccc2)c2ccccc2)CC1. The minimum Gasteiger partial charge on any atom is -0.496 e. The quantitative estimate of drug-likeness (QED) is 0.0921. The summed E-state index contributed by atoms with van der Waals surface area (Å²) in [5.74, 6) is 0.903. The Hall–Kier alpha value is -3.39. The lowest BCUT2D eigenvalue weighted by molar-refractivity contribution is -0.890. The van der Waals surface area contributed by atoms with Gasteiger partial charge in [-0.3, -0.25) is 0 Å². The van der Waals surface area contributed by atoms with Gasteiger partial charge in [0.1, 0.15) is 11.9 Å². The number of ether oxygens (including phenoxy) is 3. The largest absolute Gasteiger partial charge is 0.496 e. The molecule has 0 saturated carbocycles. The molecule has 1 saturated heterocycles. The van der Waals surface area contributed by atoms with E-state index in [9.17, 15) is 4.79 Å². The highest BCUT2D eigenvalue weighted by Crippen LogP contribution is 2.23. The molecule has 1 amide bonds. The summed E-state index contributed by atoms with van der Waals surface area (Å²) in [6.45, 7) is 7.06. The Balaban J connectivity index is 0.993. The Morgan fingerprint density at radius 3 is 1.96 bits per heavy atom. The predicted octanol–water partition coefficient (Wildman–Crippen LogP) is 8.39. The van der Waals surface area contributed by atoms with Gasteiger partial charge in [-0.15, -0.1) is 0 Å². The number of carbonyl (C=O) groups is 1. The van der Waals surface area contributed by atoms with E-state index in [0.717, 1.165) is 72.4 Å². The monoisotopic (exact) mass is 658 g/mol. The van der Waals surface area contributed by atoms with Crippen molar-refractivity contribution in [3.05, 3.63) is 102 Å². The Morgan fingerprint density at radius 1 is 0.771 bits per heavy atom. The summed E-state index contributed by atoms with van der Waals surface area (Å²) in [7, 11) is 6.47. The molecule has 7 heteroatoms. The summed E-state index contributed by atoms with van der Waals surface area (Å²) in [5, 5.41) is 3.12. The molecule has 262 valence electrons. The summed E-state index contributed by atoms with van der Waals surface area (Å²) >= 11 is 0. The summed E-state index contributed by atoms with van der Waals surface area (Å²) in [5.41, 5.74) is 3.21. The number of quaternary nitrogens is 1. The van der Waals surface area contributed by atoms with Gasteiger partial charge in [0.05, 0.1) is 46.9 Å². The molecule has 1 heterocycles. The van der Waals surface area contributed by atoms with Crippen LogP contribution in [0.1, 0.15) is 86.9 Å². The van der Waals surface area contributed by atoms with E-state index in [1.165, 1.54) is 58.0 Å². The van der Waals surface area contributed by atoms with Crippen LogP contribution in [0.4, 0.5) is 4.79 Å². The van der Waals surface area contributed by atoms with Crippen LogP contribution in [-0.4, -0.2) is 82.1 Å². The van der Waals surface area contributed by atoms with E-state index < -0.39 is 0 Å². The Labute approximate surface area is 290 Å². The van der Waals surface area contributed by atoms with Crippen molar-refractivity contribution in [3.8, 4) is 5.75 Å². The molecule has 0 radical (unpaired) electrons. The highest BCUT2D eigenvalue weighted by atomic mass is 16.6. The number of nitrogens with one attached hydrogen (secondary N) is 1. The Kier molecular flexibility index (Phi) is 16.3. The number of rotatable bonds is 21. The number of piperidine rings is 1. The first-order valence-corrected chi connectivity index (χ1v) is 18.2. The summed E-state index contributed by atoms with van der Waals surface area (Å²) < 4.78 is 18.3. The first-order chi connectivity index (χ1) is 23.4. The average Bonchev–Trinajstić information content (AvgIpc) is 3.11. The van der Waals surface area contributed by atoms with Gasteiger partial charge in [-0.05, 0) is 75.1 Å². The van der Waals surface area contributed by atoms with E-state index in [1.54, 1.807) is 7.11 Å². The third kappa shape index (κ3) is 13.6. The molecule has 0 unspecified atom stereocenters. The average molecular weight is 659 g/mol. The minimum atomic E-state index is -0.335. The molecular weight excluding hydrogens is 598 g/mol. The van der Waals surface area contributed by atoms with Gasteiger partial charge in [0, 0.05) is 25.3 Å². The van der Waals surface area contributed by atoms with E-state index in [1.807, 2.05) is 78.9 Å². The van der Waals surface area contributed by atoms with Gasteiger partial charge in [-0.25, -0.2) is 4.79 Å². The molecule has 0 aliphatic carbocycles. The van der Waals surface area contributed by atoms with Gasteiger partial charge in [-0.2, -0.15) is 0 Å². The number of alkyl carbamates (subject to hydrolysis) is 1. The number of likely N-dealkylation sites (tertiary alicyclic amines) is 1. The summed E-state index contributed by atoms with van der Waals surface area (Å²) in [4.78, 5) is 15.5. The highest BCUT2D eigenvalue weighted by molar-refractivity contribution is 5.69. The normalized spacial score (nSPS) is 14.2. The number of amides is 1. The summed E-state index contributed by atoms with van der Waals surface area (Å²) in [6.07, 6.45) is 11.5. The number of hydrogen-bond acceptors (Lipinski definition) is 5. The molecule has 0 atom stereocenters. The number of unbranched alkanes of at least 4 members (excludes halogenated alkanes) is 6. The van der Waals surface area contributed by atoms with Crippen molar-refractivity contribution in [1.82, 2.24) is 10.2 Å². The zero-order valence-corrected chi connectivity index (χ0v) is 29.8. The van der Waals surface area contributed by atoms with Gasteiger partial charge in [0.25, 0.3) is 0 Å². The molecule has 3 aromatic rings. The fourth-order valence-electron chi connectivity index (χ4n) is 6.65. The van der Waals surface area contributed by atoms with Crippen LogP contribution in [0.5, 0.6) is 5.75 Å². The fraction of sp³-hybridized carbons (Fsp3) is 0.537. The van der Waals surface area contributed by atoms with E-state index >= 15 is 0 Å². The van der Waals surface area contributed by atoms with Gasteiger partial charge in [0.2, 0.25) is 0 Å². The van der Waals surface area contributed by atoms with Gasteiger partial charge >= 0.3 is 6.09 Å². The summed E-state index contributed by atoms with van der Waals surface area (Å²) in [6, 6.07) is 28.0. The van der Waals surface area contributed by atoms with Crippen LogP contribution in [0.15, 0.2) is 84.9 Å². The first kappa shape index (κ1) is 37.4. The topological polar surface area (TPSA) is 60.0 Å². The number of hydrogen-bond donors (Lipinski definition) is 1. The third-order valence-corrected chi connectivity index (χ3v) is 9.58.